The van der Waals surface area contributed by atoms with Crippen LogP contribution in [0.4, 0.5) is 0 Å². The third kappa shape index (κ3) is 27.6. The van der Waals surface area contributed by atoms with Gasteiger partial charge in [-0.3, -0.25) is 9.59 Å². The van der Waals surface area contributed by atoms with Crippen molar-refractivity contribution < 1.29 is 38.2 Å². The molecule has 2 unspecified atom stereocenters. The molecule has 0 N–H and O–H groups in total. The van der Waals surface area contributed by atoms with Crippen molar-refractivity contribution in [2.45, 2.75) is 142 Å². The lowest BCUT2D eigenvalue weighted by molar-refractivity contribution is -0.889. The quantitative estimate of drug-likeness (QED) is 0.0362. The fourth-order valence-corrected chi connectivity index (χ4v) is 4.79. The molecule has 0 rings (SSSR count). The van der Waals surface area contributed by atoms with Gasteiger partial charge in [-0.2, -0.15) is 0 Å². The Labute approximate surface area is 274 Å². The van der Waals surface area contributed by atoms with Crippen molar-refractivity contribution in [3.8, 4) is 0 Å². The monoisotopic (exact) mass is 635 g/mol. The van der Waals surface area contributed by atoms with Gasteiger partial charge in [0, 0.05) is 19.3 Å². The molecule has 0 aliphatic rings. The first-order chi connectivity index (χ1) is 21.6. The number of hydrogen-bond donors (Lipinski definition) is 0. The first-order valence-corrected chi connectivity index (χ1v) is 17.5. The molecule has 2 atom stereocenters. The number of unbranched alkanes of at least 4 members (excludes halogenated alkanes) is 10. The maximum atomic E-state index is 12.5. The minimum absolute atomic E-state index is 0.0339. The van der Waals surface area contributed by atoms with Crippen LogP contribution in [0.1, 0.15) is 129 Å². The summed E-state index contributed by atoms with van der Waals surface area (Å²) >= 11 is 0. The molecular weight excluding hydrogens is 570 g/mol. The van der Waals surface area contributed by atoms with Crippen molar-refractivity contribution in [2.24, 2.45) is 0 Å². The van der Waals surface area contributed by atoms with Gasteiger partial charge in [0.1, 0.15) is 12.6 Å². The summed E-state index contributed by atoms with van der Waals surface area (Å²) in [4.78, 5) is 36.4. The first-order valence-electron chi connectivity index (χ1n) is 17.5. The lowest BCUT2D eigenvalue weighted by atomic mass is 10.1. The van der Waals surface area contributed by atoms with Gasteiger partial charge in [0.2, 0.25) is 0 Å². The summed E-state index contributed by atoms with van der Waals surface area (Å²) < 4.78 is 17.0. The molecule has 260 valence electrons. The maximum absolute atomic E-state index is 12.5. The van der Waals surface area contributed by atoms with Crippen molar-refractivity contribution in [3.05, 3.63) is 36.5 Å². The Balaban J connectivity index is 4.44. The largest absolute Gasteiger partial charge is 0.544 e. The molecule has 0 saturated heterocycles. The zero-order valence-electron chi connectivity index (χ0n) is 29.3. The van der Waals surface area contributed by atoms with Crippen LogP contribution in [0.25, 0.3) is 0 Å². The number of hydrogen-bond acceptors (Lipinski definition) is 7. The number of nitrogens with zero attached hydrogens (tertiary/aromatic N) is 1. The fraction of sp³-hybridized carbons (Fsp3) is 0.757. The number of aliphatic carboxylic acids is 1. The molecule has 0 aromatic carbocycles. The van der Waals surface area contributed by atoms with Crippen LogP contribution >= 0.6 is 0 Å². The van der Waals surface area contributed by atoms with Crippen LogP contribution in [0.5, 0.6) is 0 Å². The molecule has 0 heterocycles. The van der Waals surface area contributed by atoms with E-state index in [2.05, 4.69) is 50.3 Å². The van der Waals surface area contributed by atoms with Gasteiger partial charge in [-0.25, -0.2) is 0 Å². The second-order valence-electron chi connectivity index (χ2n) is 12.7. The summed E-state index contributed by atoms with van der Waals surface area (Å²) in [6.45, 7) is 4.45. The summed E-state index contributed by atoms with van der Waals surface area (Å²) in [5, 5.41) is 11.5. The lowest BCUT2D eigenvalue weighted by Crippen LogP contribution is -2.55. The molecule has 0 aliphatic heterocycles. The topological polar surface area (TPSA) is 102 Å². The Hall–Kier alpha value is -2.45. The van der Waals surface area contributed by atoms with Crippen LogP contribution in [0.2, 0.25) is 0 Å². The first kappa shape index (κ1) is 42.6. The van der Waals surface area contributed by atoms with Crippen molar-refractivity contribution >= 4 is 17.9 Å². The van der Waals surface area contributed by atoms with Crippen molar-refractivity contribution in [2.75, 3.05) is 41.0 Å². The van der Waals surface area contributed by atoms with E-state index < -0.39 is 18.1 Å². The molecule has 0 aromatic rings. The van der Waals surface area contributed by atoms with E-state index in [1.165, 1.54) is 25.7 Å². The third-order valence-corrected chi connectivity index (χ3v) is 7.54. The van der Waals surface area contributed by atoms with Gasteiger partial charge >= 0.3 is 11.9 Å². The van der Waals surface area contributed by atoms with Crippen LogP contribution in [0.15, 0.2) is 36.5 Å². The summed E-state index contributed by atoms with van der Waals surface area (Å²) in [5.74, 6) is -1.78. The van der Waals surface area contributed by atoms with E-state index >= 15 is 0 Å². The Morgan fingerprint density at radius 2 is 1.24 bits per heavy atom. The number of carboxylic acids is 1. The van der Waals surface area contributed by atoms with Crippen LogP contribution in [-0.2, 0) is 28.6 Å². The normalized spacial score (nSPS) is 13.5. The second kappa shape index (κ2) is 29.0. The summed E-state index contributed by atoms with van der Waals surface area (Å²) in [6, 6.07) is -0.725. The van der Waals surface area contributed by atoms with Crippen LogP contribution < -0.4 is 5.11 Å². The van der Waals surface area contributed by atoms with Gasteiger partial charge in [-0.15, -0.1) is 0 Å². The maximum Gasteiger partial charge on any atom is 0.306 e. The Morgan fingerprint density at radius 3 is 1.84 bits per heavy atom. The van der Waals surface area contributed by atoms with E-state index in [4.69, 9.17) is 14.2 Å². The number of rotatable bonds is 30. The van der Waals surface area contributed by atoms with Crippen molar-refractivity contribution in [1.82, 2.24) is 0 Å². The van der Waals surface area contributed by atoms with Gasteiger partial charge in [0.05, 0.1) is 40.3 Å². The summed E-state index contributed by atoms with van der Waals surface area (Å²) in [6.07, 6.45) is 29.0. The molecule has 0 spiro atoms. The number of quaternary nitrogens is 1. The molecule has 0 radical (unpaired) electrons. The highest BCUT2D eigenvalue weighted by Crippen LogP contribution is 2.12. The van der Waals surface area contributed by atoms with Gasteiger partial charge < -0.3 is 28.6 Å². The standard InChI is InChI=1S/C37H65NO7/c1-6-8-10-12-14-15-16-17-18-19-20-22-23-25-27-35(39)44-32-33(31-43-30-29-34(37(41)42)38(3,4)5)45-36(40)28-26-24-21-13-11-9-7-2/h8,10,14-15,17-18,33-34H,6-7,9,11-13,16,19-32H2,1-5H3/b10-8+,15-14+,18-17+. The Morgan fingerprint density at radius 1 is 0.689 bits per heavy atom. The SMILES string of the molecule is CC/C=C/C/C=C/C/C=C/CCCCCCC(=O)OCC(COCCC(C(=O)[O-])[N+](C)(C)C)OC(=O)CCCCCCCCC. The highest BCUT2D eigenvalue weighted by atomic mass is 16.6. The molecular formula is C37H65NO7. The number of allylic oxidation sites excluding steroid dienone is 6. The van der Waals surface area contributed by atoms with Gasteiger partial charge in [0.25, 0.3) is 0 Å². The number of likely N-dealkylation sites (N-methyl/N-ethyl adjacent to an activating group) is 1. The van der Waals surface area contributed by atoms with E-state index in [-0.39, 0.29) is 42.7 Å². The van der Waals surface area contributed by atoms with Gasteiger partial charge in [-0.1, -0.05) is 102 Å². The lowest BCUT2D eigenvalue weighted by Gasteiger charge is -2.34. The molecule has 0 amide bonds. The van der Waals surface area contributed by atoms with E-state index in [1.54, 1.807) is 21.1 Å². The molecule has 0 aliphatic carbocycles. The summed E-state index contributed by atoms with van der Waals surface area (Å²) in [7, 11) is 5.37. The number of esters is 2. The molecule has 0 fully saturated rings. The Bertz CT molecular complexity index is 844. The average Bonchev–Trinajstić information content (AvgIpc) is 2.98. The predicted molar refractivity (Wildman–Crippen MR) is 180 cm³/mol. The number of ether oxygens (including phenoxy) is 3. The number of carbonyl (C=O) groups is 3. The van der Waals surface area contributed by atoms with E-state index in [0.717, 1.165) is 70.6 Å². The number of carboxylic acid groups (broad SMARTS) is 1. The fourth-order valence-electron chi connectivity index (χ4n) is 4.79. The zero-order valence-corrected chi connectivity index (χ0v) is 29.3. The van der Waals surface area contributed by atoms with Crippen LogP contribution in [0.3, 0.4) is 0 Å². The van der Waals surface area contributed by atoms with Crippen molar-refractivity contribution in [3.63, 3.8) is 0 Å². The van der Waals surface area contributed by atoms with E-state index in [0.29, 0.717) is 12.8 Å². The Kier molecular flexibility index (Phi) is 27.4. The zero-order chi connectivity index (χ0) is 33.6. The van der Waals surface area contributed by atoms with E-state index in [9.17, 15) is 19.5 Å². The highest BCUT2D eigenvalue weighted by molar-refractivity contribution is 5.70. The third-order valence-electron chi connectivity index (χ3n) is 7.54. The molecule has 8 nitrogen and oxygen atoms in total. The minimum Gasteiger partial charge on any atom is -0.544 e. The highest BCUT2D eigenvalue weighted by Gasteiger charge is 2.25. The molecule has 45 heavy (non-hydrogen) atoms. The average molecular weight is 636 g/mol. The van der Waals surface area contributed by atoms with Crippen LogP contribution in [-0.4, -0.2) is 75.5 Å². The van der Waals surface area contributed by atoms with E-state index in [1.807, 2.05) is 0 Å². The molecule has 8 heteroatoms. The smallest absolute Gasteiger partial charge is 0.306 e. The molecule has 0 bridgehead atoms. The molecule has 0 saturated carbocycles. The summed E-state index contributed by atoms with van der Waals surface area (Å²) in [5.41, 5.74) is 0. The number of carbonyl (C=O) groups excluding carboxylic acids is 3. The van der Waals surface area contributed by atoms with Crippen molar-refractivity contribution in [1.29, 1.82) is 0 Å². The molecule has 0 aromatic heterocycles. The minimum atomic E-state index is -1.13. The predicted octanol–water partition coefficient (Wildman–Crippen LogP) is 7.01. The van der Waals surface area contributed by atoms with Crippen LogP contribution in [0, 0.1) is 0 Å². The van der Waals surface area contributed by atoms with Gasteiger partial charge in [-0.05, 0) is 44.9 Å². The second-order valence-corrected chi connectivity index (χ2v) is 12.7. The van der Waals surface area contributed by atoms with Gasteiger partial charge in [0.15, 0.2) is 6.10 Å².